The average molecular weight is 153 g/mol. The summed E-state index contributed by atoms with van der Waals surface area (Å²) in [6.07, 6.45) is 5.25. The average Bonchev–Trinajstić information content (AvgIpc) is 2.77. The number of aliphatic hydroxyl groups is 1. The quantitative estimate of drug-likeness (QED) is 0.365. The van der Waals surface area contributed by atoms with Crippen LogP contribution in [0.5, 0.6) is 0 Å². The Morgan fingerprint density at radius 2 is 2.45 bits per heavy atom. The van der Waals surface area contributed by atoms with Crippen LogP contribution in [0.1, 0.15) is 12.8 Å². The fraction of sp³-hybridized carbons (Fsp3) is 0.625. The maximum Gasteiger partial charge on any atom is 0.111 e. The summed E-state index contributed by atoms with van der Waals surface area (Å²) >= 11 is 0. The van der Waals surface area contributed by atoms with Gasteiger partial charge in [0, 0.05) is 6.42 Å². The zero-order valence-electron chi connectivity index (χ0n) is 6.23. The zero-order chi connectivity index (χ0) is 8.10. The molecule has 0 saturated carbocycles. The van der Waals surface area contributed by atoms with Crippen LogP contribution in [0.3, 0.4) is 0 Å². The van der Waals surface area contributed by atoms with Crippen molar-refractivity contribution in [3.8, 4) is 6.07 Å². The molecule has 0 unspecified atom stereocenters. The Morgan fingerprint density at radius 1 is 1.64 bits per heavy atom. The van der Waals surface area contributed by atoms with E-state index in [0.29, 0.717) is 6.42 Å². The molecule has 0 aromatic rings. The van der Waals surface area contributed by atoms with Crippen LogP contribution in [0.15, 0.2) is 12.2 Å². The van der Waals surface area contributed by atoms with E-state index in [0.717, 1.165) is 6.42 Å². The first-order valence-electron chi connectivity index (χ1n) is 3.68. The van der Waals surface area contributed by atoms with Crippen LogP contribution in [-0.4, -0.2) is 23.9 Å². The van der Waals surface area contributed by atoms with Gasteiger partial charge < -0.3 is 9.84 Å². The predicted octanol–water partition coefficient (Wildman–Crippen LogP) is 0.606. The van der Waals surface area contributed by atoms with Gasteiger partial charge in [-0.05, 0) is 6.42 Å². The second-order valence-electron chi connectivity index (χ2n) is 2.45. The van der Waals surface area contributed by atoms with Crippen LogP contribution >= 0.6 is 0 Å². The molecule has 0 amide bonds. The van der Waals surface area contributed by atoms with E-state index in [1.807, 2.05) is 18.2 Å². The third kappa shape index (κ3) is 2.71. The number of ether oxygens (including phenoxy) is 1. The number of epoxide rings is 1. The first-order valence-corrected chi connectivity index (χ1v) is 3.68. The first kappa shape index (κ1) is 8.25. The number of nitriles is 1. The Kier molecular flexibility index (Phi) is 3.09. The molecule has 1 aliphatic rings. The fourth-order valence-electron chi connectivity index (χ4n) is 0.851. The van der Waals surface area contributed by atoms with Gasteiger partial charge in [0.25, 0.3) is 0 Å². The minimum absolute atomic E-state index is 0.00772. The number of rotatable bonds is 4. The third-order valence-electron chi connectivity index (χ3n) is 1.55. The smallest absolute Gasteiger partial charge is 0.111 e. The third-order valence-corrected chi connectivity index (χ3v) is 1.55. The van der Waals surface area contributed by atoms with Gasteiger partial charge in [0.1, 0.15) is 12.2 Å². The van der Waals surface area contributed by atoms with Crippen LogP contribution in [0.25, 0.3) is 0 Å². The Bertz CT molecular complexity index is 183. The van der Waals surface area contributed by atoms with E-state index in [2.05, 4.69) is 0 Å². The van der Waals surface area contributed by atoms with Gasteiger partial charge in [-0.3, -0.25) is 0 Å². The van der Waals surface area contributed by atoms with E-state index in [4.69, 9.17) is 15.1 Å². The highest BCUT2D eigenvalue weighted by molar-refractivity contribution is 5.02. The summed E-state index contributed by atoms with van der Waals surface area (Å²) < 4.78 is 5.03. The topological polar surface area (TPSA) is 56.5 Å². The molecule has 1 saturated heterocycles. The van der Waals surface area contributed by atoms with Crippen molar-refractivity contribution in [2.75, 3.05) is 6.61 Å². The van der Waals surface area contributed by atoms with E-state index in [-0.39, 0.29) is 18.8 Å². The minimum atomic E-state index is 0.00772. The summed E-state index contributed by atoms with van der Waals surface area (Å²) in [5.74, 6) is 0. The lowest BCUT2D eigenvalue weighted by atomic mass is 10.2. The molecule has 1 aliphatic heterocycles. The molecule has 1 rings (SSSR count). The molecule has 0 bridgehead atoms. The molecular weight excluding hydrogens is 142 g/mol. The van der Waals surface area contributed by atoms with E-state index in [1.54, 1.807) is 0 Å². The summed E-state index contributed by atoms with van der Waals surface area (Å²) in [6, 6.07) is 2.05. The first-order chi connectivity index (χ1) is 5.38. The van der Waals surface area contributed by atoms with Gasteiger partial charge in [-0.25, -0.2) is 0 Å². The molecule has 2 atom stereocenters. The summed E-state index contributed by atoms with van der Waals surface area (Å²) in [4.78, 5) is 0. The lowest BCUT2D eigenvalue weighted by Gasteiger charge is -1.81. The number of aliphatic hydroxyl groups excluding tert-OH is 1. The Morgan fingerprint density at radius 3 is 3.00 bits per heavy atom. The molecule has 0 spiro atoms. The molecule has 60 valence electrons. The normalized spacial score (nSPS) is 28.7. The summed E-state index contributed by atoms with van der Waals surface area (Å²) in [5, 5.41) is 16.8. The van der Waals surface area contributed by atoms with Crippen LogP contribution < -0.4 is 0 Å². The molecule has 1 N–H and O–H groups in total. The largest absolute Gasteiger partial charge is 0.394 e. The summed E-state index contributed by atoms with van der Waals surface area (Å²) in [5.41, 5.74) is 0. The van der Waals surface area contributed by atoms with Crippen molar-refractivity contribution >= 4 is 0 Å². The zero-order valence-corrected chi connectivity index (χ0v) is 6.23. The maximum absolute atomic E-state index is 8.57. The Hall–Kier alpha value is -0.850. The van der Waals surface area contributed by atoms with Gasteiger partial charge in [0.05, 0.1) is 12.7 Å². The molecule has 1 heterocycles. The molecular formula is C8H11NO2. The second kappa shape index (κ2) is 4.12. The van der Waals surface area contributed by atoms with Crippen molar-refractivity contribution in [3.05, 3.63) is 12.2 Å². The maximum atomic E-state index is 8.57. The fourth-order valence-corrected chi connectivity index (χ4v) is 0.851. The molecule has 1 fully saturated rings. The highest BCUT2D eigenvalue weighted by Gasteiger charge is 2.35. The van der Waals surface area contributed by atoms with E-state index in [9.17, 15) is 0 Å². The summed E-state index contributed by atoms with van der Waals surface area (Å²) in [7, 11) is 0. The van der Waals surface area contributed by atoms with Gasteiger partial charge in [-0.1, -0.05) is 12.2 Å². The van der Waals surface area contributed by atoms with Crippen LogP contribution in [0.2, 0.25) is 0 Å². The van der Waals surface area contributed by atoms with Gasteiger partial charge in [-0.2, -0.15) is 5.26 Å². The van der Waals surface area contributed by atoms with Crippen molar-refractivity contribution in [1.82, 2.24) is 0 Å². The predicted molar refractivity (Wildman–Crippen MR) is 39.7 cm³/mol. The van der Waals surface area contributed by atoms with Crippen molar-refractivity contribution in [2.24, 2.45) is 0 Å². The molecule has 3 heteroatoms. The van der Waals surface area contributed by atoms with Gasteiger partial charge in [0.15, 0.2) is 0 Å². The lowest BCUT2D eigenvalue weighted by molar-refractivity contribution is 0.243. The van der Waals surface area contributed by atoms with Gasteiger partial charge >= 0.3 is 0 Å². The van der Waals surface area contributed by atoms with E-state index >= 15 is 0 Å². The number of nitrogens with zero attached hydrogens (tertiary/aromatic N) is 1. The van der Waals surface area contributed by atoms with Crippen LogP contribution in [-0.2, 0) is 4.74 Å². The Balaban J connectivity index is 2.04. The molecule has 0 radical (unpaired) electrons. The van der Waals surface area contributed by atoms with Crippen LogP contribution in [0.4, 0.5) is 0 Å². The molecule has 11 heavy (non-hydrogen) atoms. The molecule has 0 aromatic carbocycles. The number of allylic oxidation sites excluding steroid dienone is 1. The Labute approximate surface area is 65.9 Å². The standard InChI is InChI=1S/C8H11NO2/c9-5-3-1-2-4-7-8(6-10)11-7/h2,4,7-8,10H,1,3,6H2/b4-2-/t7-,8-/m1/s1. The number of hydrogen-bond acceptors (Lipinski definition) is 3. The monoisotopic (exact) mass is 153 g/mol. The van der Waals surface area contributed by atoms with Crippen LogP contribution in [0, 0.1) is 11.3 Å². The minimum Gasteiger partial charge on any atom is -0.394 e. The second-order valence-corrected chi connectivity index (χ2v) is 2.45. The van der Waals surface area contributed by atoms with Gasteiger partial charge in [-0.15, -0.1) is 0 Å². The van der Waals surface area contributed by atoms with Crippen molar-refractivity contribution in [3.63, 3.8) is 0 Å². The number of hydrogen-bond donors (Lipinski definition) is 1. The highest BCUT2D eigenvalue weighted by Crippen LogP contribution is 2.22. The SMILES string of the molecule is N#CCC/C=C\[C@H]1O[C@@H]1CO. The molecule has 0 aliphatic carbocycles. The van der Waals surface area contributed by atoms with Crippen molar-refractivity contribution < 1.29 is 9.84 Å². The van der Waals surface area contributed by atoms with E-state index in [1.165, 1.54) is 0 Å². The van der Waals surface area contributed by atoms with E-state index < -0.39 is 0 Å². The summed E-state index contributed by atoms with van der Waals surface area (Å²) in [6.45, 7) is 0.0905. The van der Waals surface area contributed by atoms with Crippen molar-refractivity contribution in [1.29, 1.82) is 5.26 Å². The molecule has 0 aromatic heterocycles. The van der Waals surface area contributed by atoms with Gasteiger partial charge in [0.2, 0.25) is 0 Å². The van der Waals surface area contributed by atoms with Crippen molar-refractivity contribution in [2.45, 2.75) is 25.0 Å². The highest BCUT2D eigenvalue weighted by atomic mass is 16.6. The molecule has 3 nitrogen and oxygen atoms in total. The number of unbranched alkanes of at least 4 members (excludes halogenated alkanes) is 1. The lowest BCUT2D eigenvalue weighted by Crippen LogP contribution is -1.95.